The van der Waals surface area contributed by atoms with E-state index >= 15 is 0 Å². The van der Waals surface area contributed by atoms with Crippen LogP contribution < -0.4 is 0 Å². The van der Waals surface area contributed by atoms with Crippen LogP contribution in [0.3, 0.4) is 0 Å². The van der Waals surface area contributed by atoms with Crippen molar-refractivity contribution >= 4 is 11.1 Å². The van der Waals surface area contributed by atoms with Crippen LogP contribution in [-0.2, 0) is 0 Å². The van der Waals surface area contributed by atoms with Crippen molar-refractivity contribution in [1.29, 1.82) is 0 Å². The Labute approximate surface area is 99.1 Å². The van der Waals surface area contributed by atoms with Crippen molar-refractivity contribution in [1.82, 2.24) is 9.97 Å². The summed E-state index contributed by atoms with van der Waals surface area (Å²) in [7, 11) is 0. The molecule has 0 N–H and O–H groups in total. The maximum Gasteiger partial charge on any atom is 0.246 e. The first-order chi connectivity index (χ1) is 8.25. The topological polar surface area (TPSA) is 38.9 Å². The number of rotatable bonds is 1. The lowest BCUT2D eigenvalue weighted by atomic mass is 10.1. The summed E-state index contributed by atoms with van der Waals surface area (Å²) in [5.74, 6) is 0.581. The van der Waals surface area contributed by atoms with Crippen LogP contribution in [0.5, 0.6) is 0 Å². The second-order valence-corrected chi connectivity index (χ2v) is 4.11. The van der Waals surface area contributed by atoms with Gasteiger partial charge in [-0.15, -0.1) is 0 Å². The van der Waals surface area contributed by atoms with Crippen molar-refractivity contribution in [3.8, 4) is 11.6 Å². The fourth-order valence-corrected chi connectivity index (χ4v) is 1.86. The normalized spacial score (nSPS) is 10.9. The molecule has 0 amide bonds. The number of aryl methyl sites for hydroxylation is 2. The van der Waals surface area contributed by atoms with Gasteiger partial charge in [-0.3, -0.25) is 4.98 Å². The van der Waals surface area contributed by atoms with Crippen molar-refractivity contribution in [2.45, 2.75) is 13.8 Å². The first kappa shape index (κ1) is 10.0. The molecule has 2 heterocycles. The van der Waals surface area contributed by atoms with Crippen molar-refractivity contribution in [3.05, 3.63) is 47.7 Å². The number of hydrogen-bond donors (Lipinski definition) is 0. The first-order valence-electron chi connectivity index (χ1n) is 5.54. The smallest absolute Gasteiger partial charge is 0.246 e. The van der Waals surface area contributed by atoms with Crippen LogP contribution in [0.1, 0.15) is 11.1 Å². The Hall–Kier alpha value is -2.16. The number of benzene rings is 1. The van der Waals surface area contributed by atoms with E-state index in [1.54, 1.807) is 6.20 Å². The van der Waals surface area contributed by atoms with Crippen LogP contribution in [0.2, 0.25) is 0 Å². The number of pyridine rings is 1. The quantitative estimate of drug-likeness (QED) is 0.635. The van der Waals surface area contributed by atoms with E-state index in [-0.39, 0.29) is 0 Å². The predicted octanol–water partition coefficient (Wildman–Crippen LogP) is 3.51. The minimum Gasteiger partial charge on any atom is -0.434 e. The van der Waals surface area contributed by atoms with Gasteiger partial charge in [0.1, 0.15) is 11.2 Å². The van der Waals surface area contributed by atoms with Gasteiger partial charge in [0.25, 0.3) is 0 Å². The Morgan fingerprint density at radius 2 is 1.82 bits per heavy atom. The van der Waals surface area contributed by atoms with Crippen molar-refractivity contribution in [2.75, 3.05) is 0 Å². The molecule has 0 aliphatic rings. The van der Waals surface area contributed by atoms with Crippen LogP contribution in [0.25, 0.3) is 22.7 Å². The maximum atomic E-state index is 5.79. The molecular weight excluding hydrogens is 212 g/mol. The summed E-state index contributed by atoms with van der Waals surface area (Å²) in [6.45, 7) is 4.06. The van der Waals surface area contributed by atoms with Crippen molar-refractivity contribution in [3.63, 3.8) is 0 Å². The zero-order chi connectivity index (χ0) is 11.8. The molecule has 0 fully saturated rings. The third-order valence-electron chi connectivity index (χ3n) is 2.83. The van der Waals surface area contributed by atoms with E-state index in [9.17, 15) is 0 Å². The number of aromatic nitrogens is 2. The van der Waals surface area contributed by atoms with E-state index in [0.717, 1.165) is 27.9 Å². The molecule has 0 aliphatic carbocycles. The summed E-state index contributed by atoms with van der Waals surface area (Å²) in [5.41, 5.74) is 4.76. The van der Waals surface area contributed by atoms with E-state index in [4.69, 9.17) is 4.42 Å². The molecule has 3 heteroatoms. The van der Waals surface area contributed by atoms with Gasteiger partial charge < -0.3 is 4.42 Å². The van der Waals surface area contributed by atoms with Gasteiger partial charge in [-0.05, 0) is 37.1 Å². The Kier molecular flexibility index (Phi) is 2.18. The predicted molar refractivity (Wildman–Crippen MR) is 66.7 cm³/mol. The second kappa shape index (κ2) is 3.70. The van der Waals surface area contributed by atoms with Crippen molar-refractivity contribution < 1.29 is 4.42 Å². The fraction of sp³-hybridized carbons (Fsp3) is 0.143. The number of nitrogens with zero attached hydrogens (tertiary/aromatic N) is 2. The van der Waals surface area contributed by atoms with E-state index in [1.807, 2.05) is 38.1 Å². The van der Waals surface area contributed by atoms with Gasteiger partial charge in [-0.2, -0.15) is 0 Å². The van der Waals surface area contributed by atoms with Crippen LogP contribution in [-0.4, -0.2) is 9.97 Å². The highest BCUT2D eigenvalue weighted by molar-refractivity contribution is 5.81. The minimum atomic E-state index is 0.581. The average Bonchev–Trinajstić information content (AvgIpc) is 2.81. The SMILES string of the molecule is Cc1ccc(C)c2oc(-c3ccccn3)nc12. The van der Waals surface area contributed by atoms with E-state index < -0.39 is 0 Å². The molecule has 0 saturated carbocycles. The standard InChI is InChI=1S/C14H12N2O/c1-9-6-7-10(2)13-12(9)16-14(17-13)11-5-3-4-8-15-11/h3-8H,1-2H3. The average molecular weight is 224 g/mol. The lowest BCUT2D eigenvalue weighted by Crippen LogP contribution is -1.81. The Balaban J connectivity index is 2.27. The highest BCUT2D eigenvalue weighted by Gasteiger charge is 2.12. The molecule has 17 heavy (non-hydrogen) atoms. The molecule has 0 aliphatic heterocycles. The second-order valence-electron chi connectivity index (χ2n) is 4.11. The van der Waals surface area contributed by atoms with Gasteiger partial charge >= 0.3 is 0 Å². The van der Waals surface area contributed by atoms with Crippen molar-refractivity contribution in [2.24, 2.45) is 0 Å². The van der Waals surface area contributed by atoms with Crippen LogP contribution >= 0.6 is 0 Å². The number of fused-ring (bicyclic) bond motifs is 1. The molecule has 3 aromatic rings. The number of oxazole rings is 1. The third-order valence-corrected chi connectivity index (χ3v) is 2.83. The molecule has 0 spiro atoms. The molecule has 0 saturated heterocycles. The van der Waals surface area contributed by atoms with E-state index in [1.165, 1.54) is 0 Å². The fourth-order valence-electron chi connectivity index (χ4n) is 1.86. The van der Waals surface area contributed by atoms with Gasteiger partial charge in [-0.1, -0.05) is 18.2 Å². The Morgan fingerprint density at radius 1 is 1.00 bits per heavy atom. The summed E-state index contributed by atoms with van der Waals surface area (Å²) in [6.07, 6.45) is 1.74. The summed E-state index contributed by atoms with van der Waals surface area (Å²) in [4.78, 5) is 8.76. The molecule has 0 unspecified atom stereocenters. The minimum absolute atomic E-state index is 0.581. The van der Waals surface area contributed by atoms with E-state index in [2.05, 4.69) is 16.0 Å². The summed E-state index contributed by atoms with van der Waals surface area (Å²) in [6, 6.07) is 9.81. The Bertz CT molecular complexity index is 632. The molecule has 3 rings (SSSR count). The molecule has 84 valence electrons. The number of hydrogen-bond acceptors (Lipinski definition) is 3. The summed E-state index contributed by atoms with van der Waals surface area (Å²) in [5, 5.41) is 0. The van der Waals surface area contributed by atoms with Gasteiger partial charge in [0.2, 0.25) is 5.89 Å². The lowest BCUT2D eigenvalue weighted by molar-refractivity contribution is 0.614. The van der Waals surface area contributed by atoms with Crippen LogP contribution in [0, 0.1) is 13.8 Å². The highest BCUT2D eigenvalue weighted by atomic mass is 16.3. The summed E-state index contributed by atoms with van der Waals surface area (Å²) < 4.78 is 5.79. The molecule has 2 aromatic heterocycles. The van der Waals surface area contributed by atoms with Gasteiger partial charge in [0.05, 0.1) is 0 Å². The monoisotopic (exact) mass is 224 g/mol. The molecule has 0 radical (unpaired) electrons. The largest absolute Gasteiger partial charge is 0.434 e. The van der Waals surface area contributed by atoms with Gasteiger partial charge in [0.15, 0.2) is 5.58 Å². The van der Waals surface area contributed by atoms with Crippen LogP contribution in [0.4, 0.5) is 0 Å². The zero-order valence-electron chi connectivity index (χ0n) is 9.77. The van der Waals surface area contributed by atoms with Gasteiger partial charge in [0, 0.05) is 6.20 Å². The molecule has 0 bridgehead atoms. The highest BCUT2D eigenvalue weighted by Crippen LogP contribution is 2.27. The lowest BCUT2D eigenvalue weighted by Gasteiger charge is -1.95. The molecular formula is C14H12N2O. The Morgan fingerprint density at radius 3 is 2.53 bits per heavy atom. The first-order valence-corrected chi connectivity index (χ1v) is 5.54. The third kappa shape index (κ3) is 1.60. The summed E-state index contributed by atoms with van der Waals surface area (Å²) >= 11 is 0. The molecule has 1 aromatic carbocycles. The van der Waals surface area contributed by atoms with Gasteiger partial charge in [-0.25, -0.2) is 4.98 Å². The molecule has 3 nitrogen and oxygen atoms in total. The van der Waals surface area contributed by atoms with E-state index in [0.29, 0.717) is 5.89 Å². The molecule has 0 atom stereocenters. The van der Waals surface area contributed by atoms with Crippen LogP contribution in [0.15, 0.2) is 40.9 Å². The zero-order valence-corrected chi connectivity index (χ0v) is 9.77. The maximum absolute atomic E-state index is 5.79.